The van der Waals surface area contributed by atoms with Crippen molar-refractivity contribution in [2.45, 2.75) is 0 Å². The largest absolute Gasteiger partial charge is 0.813 e. The maximum Gasteiger partial charge on any atom is -0.813 e. The van der Waals surface area contributed by atoms with Crippen molar-refractivity contribution in [3.05, 3.63) is 0 Å². The zero-order valence-corrected chi connectivity index (χ0v) is 19.9. The Morgan fingerprint density at radius 3 is 0.750 bits per heavy atom. The summed E-state index contributed by atoms with van der Waals surface area (Å²) < 4.78 is 16.5. The van der Waals surface area contributed by atoms with Crippen LogP contribution in [0.1, 0.15) is 0 Å². The van der Waals surface area contributed by atoms with E-state index < -0.39 is 10.5 Å². The molecule has 0 aromatic heterocycles. The molecule has 0 spiro atoms. The van der Waals surface area contributed by atoms with Crippen molar-refractivity contribution in [1.29, 1.82) is 0 Å². The van der Waals surface area contributed by atoms with E-state index in [0.717, 1.165) is 0 Å². The Labute approximate surface area is 156 Å². The van der Waals surface area contributed by atoms with Gasteiger partial charge in [-0.1, -0.05) is 26.7 Å². The third kappa shape index (κ3) is 364. The molecule has 0 saturated heterocycles. The van der Waals surface area contributed by atoms with E-state index in [9.17, 15) is 0 Å². The van der Waals surface area contributed by atoms with Gasteiger partial charge in [0, 0.05) is 0 Å². The second-order valence-electron chi connectivity index (χ2n) is 2.50. The van der Waals surface area contributed by atoms with Crippen LogP contribution in [0.3, 0.4) is 0 Å². The zero-order valence-electron chi connectivity index (χ0n) is 9.05. The second kappa shape index (κ2) is 23.7. The first kappa shape index (κ1) is 36.7. The Kier molecular flexibility index (Phi) is 54.5. The van der Waals surface area contributed by atoms with Crippen LogP contribution in [-0.2, 0) is 121 Å². The molecule has 0 heterocycles. The smallest absolute Gasteiger partial charge is 0.813 e. The molecule has 104 valence electrons. The Balaban J connectivity index is -0.0000000218. The van der Waals surface area contributed by atoms with Crippen molar-refractivity contribution >= 4 is 85.6 Å². The third-order valence-electron chi connectivity index (χ3n) is 0. The molecule has 0 aliphatic carbocycles. The van der Waals surface area contributed by atoms with Gasteiger partial charge in [-0.25, -0.2) is 0 Å². The standard InChI is InChI=1S/2C2H7PS2.2Mo.2O.2H2S/c2*1-3(2,4)5;;;;;;/h2*1-2H3,(H,4,5);;;;;2*1H2/p-4. The molecule has 0 aliphatic heterocycles. The molecule has 16 heavy (non-hydrogen) atoms. The fourth-order valence-electron chi connectivity index (χ4n) is 0. The van der Waals surface area contributed by atoms with Crippen molar-refractivity contribution in [3.8, 4) is 0 Å². The van der Waals surface area contributed by atoms with Gasteiger partial charge in [0.1, 0.15) is 0 Å². The van der Waals surface area contributed by atoms with Crippen molar-refractivity contribution in [2.75, 3.05) is 26.7 Å². The molecule has 2 nitrogen and oxygen atoms in total. The van der Waals surface area contributed by atoms with Gasteiger partial charge >= 0.3 is 46.3 Å². The number of hydrogen-bond acceptors (Lipinski definition) is 8. The van der Waals surface area contributed by atoms with Crippen LogP contribution < -0.4 is 0 Å². The minimum Gasteiger partial charge on any atom is -0.813 e. The fourth-order valence-corrected chi connectivity index (χ4v) is 0. The van der Waals surface area contributed by atoms with Crippen molar-refractivity contribution < 1.29 is 46.3 Å². The average Bonchev–Trinajstić information content (AvgIpc) is 1.88. The minimum atomic E-state index is -1.22. The molecule has 0 fully saturated rings. The van der Waals surface area contributed by atoms with E-state index in [1.165, 1.54) is 0 Å². The summed E-state index contributed by atoms with van der Waals surface area (Å²) in [7, 11) is 0. The SMILES string of the molecule is CP(C)(=S)[S-].CP(C)(=S)[S-].[O]=[Mo].[O]=[Mo].[SH-].[SH-]. The third-order valence-corrected chi connectivity index (χ3v) is 0. The zero-order chi connectivity index (χ0) is 13.0. The molecule has 0 rings (SSSR count). The molecule has 0 N–H and O–H groups in total. The quantitative estimate of drug-likeness (QED) is 0.199. The topological polar surface area (TPSA) is 34.1 Å². The van der Waals surface area contributed by atoms with E-state index in [0.29, 0.717) is 39.6 Å². The van der Waals surface area contributed by atoms with Gasteiger partial charge in [-0.2, -0.15) is 10.5 Å². The second-order valence-corrected chi connectivity index (χ2v) is 19.9. The van der Waals surface area contributed by atoms with Gasteiger partial charge in [0.15, 0.2) is 0 Å². The summed E-state index contributed by atoms with van der Waals surface area (Å²) in [6.45, 7) is 7.71. The van der Waals surface area contributed by atoms with Crippen LogP contribution in [0.25, 0.3) is 0 Å². The molecule has 0 aliphatic rings. The van der Waals surface area contributed by atoms with E-state index >= 15 is 0 Å². The maximum absolute atomic E-state index is 8.26. The van der Waals surface area contributed by atoms with Crippen LogP contribution in [0.2, 0.25) is 0 Å². The molecule has 0 aromatic rings. The summed E-state index contributed by atoms with van der Waals surface area (Å²) in [4.78, 5) is 0. The van der Waals surface area contributed by atoms with Crippen molar-refractivity contribution in [2.24, 2.45) is 0 Å². The summed E-state index contributed by atoms with van der Waals surface area (Å²) in [6, 6.07) is 0. The normalized spacial score (nSPS) is 7.88. The molecular weight excluding hydrogens is 526 g/mol. The van der Waals surface area contributed by atoms with Crippen LogP contribution in [0, 0.1) is 0 Å². The molecule has 0 bridgehead atoms. The Hall–Kier alpha value is 3.68. The van der Waals surface area contributed by atoms with E-state index in [1.54, 1.807) is 0 Å². The Bertz CT molecular complexity index is 168. The summed E-state index contributed by atoms with van der Waals surface area (Å²) in [5.41, 5.74) is 0. The average molecular weight is 540 g/mol. The van der Waals surface area contributed by atoms with E-state index in [-0.39, 0.29) is 27.0 Å². The fraction of sp³-hybridized carbons (Fsp3) is 1.00. The van der Waals surface area contributed by atoms with E-state index in [1.807, 2.05) is 26.7 Å². The number of hydrogen-bond donors (Lipinski definition) is 0. The molecule has 0 radical (unpaired) electrons. The van der Waals surface area contributed by atoms with E-state index in [2.05, 4.69) is 0 Å². The van der Waals surface area contributed by atoms with Gasteiger partial charge in [-0.05, 0) is 0 Å². The predicted octanol–water partition coefficient (Wildman–Crippen LogP) is 1.59. The number of thiol groups is 2. The van der Waals surface area contributed by atoms with Gasteiger partial charge in [0.05, 0.1) is 0 Å². The first-order chi connectivity index (χ1) is 6.00. The van der Waals surface area contributed by atoms with Crippen LogP contribution in [0.4, 0.5) is 0 Å². The predicted molar refractivity (Wildman–Crippen MR) is 85.9 cm³/mol. The van der Waals surface area contributed by atoms with Gasteiger partial charge in [-0.3, -0.25) is 0 Å². The number of rotatable bonds is 0. The summed E-state index contributed by atoms with van der Waals surface area (Å²) in [5, 5.41) is -2.44. The van der Waals surface area contributed by atoms with Crippen LogP contribution in [-0.4, -0.2) is 26.7 Å². The molecular formula is C4H14Mo2O2P2S6-4. The van der Waals surface area contributed by atoms with Gasteiger partial charge < -0.3 is 51.5 Å². The van der Waals surface area contributed by atoms with Gasteiger partial charge in [-0.15, -0.1) is 23.6 Å². The van der Waals surface area contributed by atoms with Crippen LogP contribution in [0.5, 0.6) is 0 Å². The Morgan fingerprint density at radius 2 is 0.750 bits per heavy atom. The monoisotopic (exact) mass is 544 g/mol. The molecule has 0 unspecified atom stereocenters. The van der Waals surface area contributed by atoms with Crippen molar-refractivity contribution in [1.82, 2.24) is 0 Å². The first-order valence-corrected chi connectivity index (χ1v) is 13.9. The van der Waals surface area contributed by atoms with Crippen LogP contribution in [0.15, 0.2) is 0 Å². The van der Waals surface area contributed by atoms with Crippen LogP contribution >= 0.6 is 10.5 Å². The molecule has 0 aromatic carbocycles. The van der Waals surface area contributed by atoms with E-state index in [4.69, 9.17) is 54.9 Å². The van der Waals surface area contributed by atoms with Crippen molar-refractivity contribution in [3.63, 3.8) is 0 Å². The summed E-state index contributed by atoms with van der Waals surface area (Å²) in [5.74, 6) is 0. The van der Waals surface area contributed by atoms with Gasteiger partial charge in [0.2, 0.25) is 0 Å². The Morgan fingerprint density at radius 1 is 0.750 bits per heavy atom. The molecule has 0 saturated carbocycles. The summed E-state index contributed by atoms with van der Waals surface area (Å²) >= 11 is 20.4. The van der Waals surface area contributed by atoms with Gasteiger partial charge in [0.25, 0.3) is 0 Å². The molecule has 0 atom stereocenters. The summed E-state index contributed by atoms with van der Waals surface area (Å²) in [6.07, 6.45) is 0. The minimum absolute atomic E-state index is 0. The molecule has 12 heteroatoms. The maximum atomic E-state index is 8.26. The molecule has 0 amide bonds. The first-order valence-electron chi connectivity index (χ1n) is 2.85.